The van der Waals surface area contributed by atoms with E-state index >= 15 is 0 Å². The van der Waals surface area contributed by atoms with Crippen molar-refractivity contribution in [1.82, 2.24) is 4.90 Å². The molecule has 0 atom stereocenters. The molecule has 0 N–H and O–H groups in total. The molecule has 0 heterocycles. The maximum absolute atomic E-state index is 5.68. The predicted octanol–water partition coefficient (Wildman–Crippen LogP) is 3.11. The Morgan fingerprint density at radius 2 is 2.06 bits per heavy atom. The third-order valence-electron chi connectivity index (χ3n) is 2.87. The van der Waals surface area contributed by atoms with Crippen LogP contribution in [0.15, 0.2) is 18.2 Å². The van der Waals surface area contributed by atoms with Crippen LogP contribution in [0.2, 0.25) is 0 Å². The predicted molar refractivity (Wildman–Crippen MR) is 74.3 cm³/mol. The SMILES string of the molecule is COc1ccc(C)cc1CCN(C)CCCCl. The molecule has 0 radical (unpaired) electrons. The Labute approximate surface area is 110 Å². The third-order valence-corrected chi connectivity index (χ3v) is 3.14. The summed E-state index contributed by atoms with van der Waals surface area (Å²) in [5.41, 5.74) is 2.56. The average Bonchev–Trinajstić information content (AvgIpc) is 2.34. The van der Waals surface area contributed by atoms with Gasteiger partial charge in [0, 0.05) is 12.4 Å². The van der Waals surface area contributed by atoms with Crippen LogP contribution < -0.4 is 4.74 Å². The second kappa shape index (κ2) is 7.57. The van der Waals surface area contributed by atoms with Gasteiger partial charge in [-0.3, -0.25) is 0 Å². The van der Waals surface area contributed by atoms with Crippen LogP contribution in [0.3, 0.4) is 0 Å². The molecule has 0 aliphatic heterocycles. The zero-order valence-electron chi connectivity index (χ0n) is 11.0. The number of halogens is 1. The van der Waals surface area contributed by atoms with Gasteiger partial charge >= 0.3 is 0 Å². The lowest BCUT2D eigenvalue weighted by atomic mass is 10.1. The zero-order chi connectivity index (χ0) is 12.7. The van der Waals surface area contributed by atoms with Crippen LogP contribution in [0.1, 0.15) is 17.5 Å². The van der Waals surface area contributed by atoms with Gasteiger partial charge in [-0.15, -0.1) is 11.6 Å². The van der Waals surface area contributed by atoms with Crippen molar-refractivity contribution in [2.24, 2.45) is 0 Å². The molecule has 0 aromatic heterocycles. The summed E-state index contributed by atoms with van der Waals surface area (Å²) in [5, 5.41) is 0. The molecule has 0 aliphatic rings. The molecule has 0 spiro atoms. The topological polar surface area (TPSA) is 12.5 Å². The van der Waals surface area contributed by atoms with Gasteiger partial charge in [0.05, 0.1) is 7.11 Å². The number of alkyl halides is 1. The number of rotatable bonds is 7. The number of benzene rings is 1. The fourth-order valence-corrected chi connectivity index (χ4v) is 1.98. The average molecular weight is 256 g/mol. The first kappa shape index (κ1) is 14.3. The lowest BCUT2D eigenvalue weighted by Crippen LogP contribution is -2.22. The molecular formula is C14H22ClNO. The fraction of sp³-hybridized carbons (Fsp3) is 0.571. The number of hydrogen-bond acceptors (Lipinski definition) is 2. The third kappa shape index (κ3) is 4.97. The van der Waals surface area contributed by atoms with Gasteiger partial charge in [-0.2, -0.15) is 0 Å². The Morgan fingerprint density at radius 1 is 1.29 bits per heavy atom. The van der Waals surface area contributed by atoms with Gasteiger partial charge < -0.3 is 9.64 Å². The molecule has 0 saturated carbocycles. The lowest BCUT2D eigenvalue weighted by molar-refractivity contribution is 0.336. The summed E-state index contributed by atoms with van der Waals surface area (Å²) in [6, 6.07) is 6.33. The van der Waals surface area contributed by atoms with Crippen LogP contribution in [0.5, 0.6) is 5.75 Å². The second-order valence-electron chi connectivity index (χ2n) is 4.41. The summed E-state index contributed by atoms with van der Waals surface area (Å²) in [6.45, 7) is 4.20. The molecule has 0 fully saturated rings. The summed E-state index contributed by atoms with van der Waals surface area (Å²) < 4.78 is 5.37. The first-order valence-corrected chi connectivity index (χ1v) is 6.59. The molecule has 0 aliphatic carbocycles. The van der Waals surface area contributed by atoms with Crippen LogP contribution in [0.4, 0.5) is 0 Å². The molecule has 0 amide bonds. The van der Waals surface area contributed by atoms with Gasteiger partial charge in [-0.1, -0.05) is 17.7 Å². The molecule has 1 aromatic carbocycles. The summed E-state index contributed by atoms with van der Waals surface area (Å²) in [5.74, 6) is 1.72. The molecule has 2 nitrogen and oxygen atoms in total. The number of nitrogens with zero attached hydrogens (tertiary/aromatic N) is 1. The Hall–Kier alpha value is -0.730. The van der Waals surface area contributed by atoms with Crippen molar-refractivity contribution in [3.8, 4) is 5.75 Å². The minimum absolute atomic E-state index is 0.734. The van der Waals surface area contributed by atoms with E-state index in [2.05, 4.69) is 31.0 Å². The minimum atomic E-state index is 0.734. The highest BCUT2D eigenvalue weighted by molar-refractivity contribution is 6.17. The summed E-state index contributed by atoms with van der Waals surface area (Å²) in [4.78, 5) is 2.31. The number of aryl methyl sites for hydroxylation is 1. The van der Waals surface area contributed by atoms with E-state index in [0.29, 0.717) is 0 Å². The molecule has 0 unspecified atom stereocenters. The van der Waals surface area contributed by atoms with Crippen LogP contribution >= 0.6 is 11.6 Å². The highest BCUT2D eigenvalue weighted by atomic mass is 35.5. The minimum Gasteiger partial charge on any atom is -0.496 e. The van der Waals surface area contributed by atoms with E-state index < -0.39 is 0 Å². The molecule has 17 heavy (non-hydrogen) atoms. The van der Waals surface area contributed by atoms with Crippen LogP contribution in [0, 0.1) is 6.92 Å². The molecule has 0 bridgehead atoms. The number of hydrogen-bond donors (Lipinski definition) is 0. The quantitative estimate of drug-likeness (QED) is 0.695. The van der Waals surface area contributed by atoms with E-state index in [1.165, 1.54) is 11.1 Å². The van der Waals surface area contributed by atoms with Gasteiger partial charge in [-0.05, 0) is 45.0 Å². The van der Waals surface area contributed by atoms with Gasteiger partial charge in [0.1, 0.15) is 5.75 Å². The molecular weight excluding hydrogens is 234 g/mol. The summed E-state index contributed by atoms with van der Waals surface area (Å²) >= 11 is 5.68. The highest BCUT2D eigenvalue weighted by Crippen LogP contribution is 2.20. The Morgan fingerprint density at radius 3 is 2.71 bits per heavy atom. The van der Waals surface area contributed by atoms with Crippen LogP contribution in [-0.4, -0.2) is 38.0 Å². The van der Waals surface area contributed by atoms with Crippen molar-refractivity contribution >= 4 is 11.6 Å². The molecule has 1 rings (SSSR count). The normalized spacial score (nSPS) is 10.9. The first-order chi connectivity index (χ1) is 8.17. The van der Waals surface area contributed by atoms with Crippen molar-refractivity contribution in [3.63, 3.8) is 0 Å². The molecule has 0 saturated heterocycles. The van der Waals surface area contributed by atoms with Gasteiger partial charge in [-0.25, -0.2) is 0 Å². The van der Waals surface area contributed by atoms with Crippen molar-refractivity contribution in [1.29, 1.82) is 0 Å². The second-order valence-corrected chi connectivity index (χ2v) is 4.79. The standard InChI is InChI=1S/C14H22ClNO/c1-12-5-6-14(17-3)13(11-12)7-10-16(2)9-4-8-15/h5-6,11H,4,7-10H2,1-3H3. The molecule has 3 heteroatoms. The zero-order valence-corrected chi connectivity index (χ0v) is 11.8. The summed E-state index contributed by atoms with van der Waals surface area (Å²) in [6.07, 6.45) is 2.06. The van der Waals surface area contributed by atoms with E-state index in [4.69, 9.17) is 16.3 Å². The first-order valence-electron chi connectivity index (χ1n) is 6.05. The van der Waals surface area contributed by atoms with Crippen molar-refractivity contribution in [2.45, 2.75) is 19.8 Å². The van der Waals surface area contributed by atoms with Crippen molar-refractivity contribution < 1.29 is 4.74 Å². The van der Waals surface area contributed by atoms with E-state index in [-0.39, 0.29) is 0 Å². The van der Waals surface area contributed by atoms with E-state index in [1.54, 1.807) is 7.11 Å². The van der Waals surface area contributed by atoms with Gasteiger partial charge in [0.2, 0.25) is 0 Å². The Bertz CT molecular complexity index is 341. The number of methoxy groups -OCH3 is 1. The summed E-state index contributed by atoms with van der Waals surface area (Å²) in [7, 11) is 3.86. The van der Waals surface area contributed by atoms with Crippen LogP contribution in [0.25, 0.3) is 0 Å². The van der Waals surface area contributed by atoms with E-state index in [0.717, 1.165) is 37.6 Å². The Balaban J connectivity index is 2.52. The van der Waals surface area contributed by atoms with Crippen LogP contribution in [-0.2, 0) is 6.42 Å². The number of ether oxygens (including phenoxy) is 1. The maximum Gasteiger partial charge on any atom is 0.122 e. The number of likely N-dealkylation sites (N-methyl/N-ethyl adjacent to an activating group) is 1. The fourth-order valence-electron chi connectivity index (χ4n) is 1.86. The Kier molecular flexibility index (Phi) is 6.38. The van der Waals surface area contributed by atoms with E-state index in [9.17, 15) is 0 Å². The smallest absolute Gasteiger partial charge is 0.122 e. The maximum atomic E-state index is 5.68. The van der Waals surface area contributed by atoms with Crippen molar-refractivity contribution in [3.05, 3.63) is 29.3 Å². The molecule has 96 valence electrons. The lowest BCUT2D eigenvalue weighted by Gasteiger charge is -2.17. The largest absolute Gasteiger partial charge is 0.496 e. The monoisotopic (exact) mass is 255 g/mol. The highest BCUT2D eigenvalue weighted by Gasteiger charge is 2.05. The van der Waals surface area contributed by atoms with Crippen molar-refractivity contribution in [2.75, 3.05) is 33.1 Å². The van der Waals surface area contributed by atoms with Gasteiger partial charge in [0.25, 0.3) is 0 Å². The van der Waals surface area contributed by atoms with E-state index in [1.807, 2.05) is 6.07 Å². The molecule has 1 aromatic rings. The van der Waals surface area contributed by atoms with Gasteiger partial charge in [0.15, 0.2) is 0 Å².